The van der Waals surface area contributed by atoms with Gasteiger partial charge in [-0.15, -0.1) is 0 Å². The van der Waals surface area contributed by atoms with Gasteiger partial charge in [0.05, 0.1) is 106 Å². The highest BCUT2D eigenvalue weighted by molar-refractivity contribution is 5.69. The number of esters is 1. The van der Waals surface area contributed by atoms with E-state index in [1.54, 1.807) is 0 Å². The van der Waals surface area contributed by atoms with Crippen LogP contribution in [0.1, 0.15) is 71.1 Å². The molecule has 0 unspecified atom stereocenters. The van der Waals surface area contributed by atoms with Crippen molar-refractivity contribution in [3.63, 3.8) is 0 Å². The number of nitrogens with zero attached hydrogens (tertiary/aromatic N) is 1. The van der Waals surface area contributed by atoms with Crippen LogP contribution in [0.5, 0.6) is 0 Å². The zero-order valence-electron chi connectivity index (χ0n) is 27.8. The Labute approximate surface area is 262 Å². The molecular formula is C32H65NO10. The summed E-state index contributed by atoms with van der Waals surface area (Å²) in [5.74, 6) is -0.132. The van der Waals surface area contributed by atoms with E-state index in [-0.39, 0.29) is 5.97 Å². The third-order valence-electron chi connectivity index (χ3n) is 6.26. The largest absolute Gasteiger partial charge is 0.463 e. The molecule has 11 heteroatoms. The van der Waals surface area contributed by atoms with E-state index < -0.39 is 0 Å². The summed E-state index contributed by atoms with van der Waals surface area (Å²) >= 11 is 0. The van der Waals surface area contributed by atoms with E-state index in [2.05, 4.69) is 11.8 Å². The molecule has 0 aliphatic carbocycles. The fraction of sp³-hybridized carbons (Fsp3) is 0.969. The Kier molecular flexibility index (Phi) is 36.5. The minimum atomic E-state index is -0.132. The van der Waals surface area contributed by atoms with Crippen molar-refractivity contribution < 1.29 is 47.4 Å². The summed E-state index contributed by atoms with van der Waals surface area (Å²) in [5, 5.41) is 0. The molecule has 258 valence electrons. The molecule has 0 aromatic heterocycles. The van der Waals surface area contributed by atoms with E-state index >= 15 is 0 Å². The SMILES string of the molecule is CCCCCCCCCCCC(=O)OCCOCCOCCOCCOCCOCCOCCOCCOCCN(C)C. The second-order valence-electron chi connectivity index (χ2n) is 10.5. The summed E-state index contributed by atoms with van der Waals surface area (Å²) in [5.41, 5.74) is 0. The molecule has 0 aliphatic rings. The number of carbonyl (C=O) groups excluding carboxylic acids is 1. The molecule has 0 aromatic rings. The van der Waals surface area contributed by atoms with Crippen LogP contribution < -0.4 is 0 Å². The molecule has 0 atom stereocenters. The summed E-state index contributed by atoms with van der Waals surface area (Å²) in [6.45, 7) is 11.9. The van der Waals surface area contributed by atoms with Gasteiger partial charge in [0.2, 0.25) is 0 Å². The Morgan fingerprint density at radius 2 is 0.721 bits per heavy atom. The summed E-state index contributed by atoms with van der Waals surface area (Å²) < 4.78 is 48.9. The monoisotopic (exact) mass is 623 g/mol. The van der Waals surface area contributed by atoms with Gasteiger partial charge in [-0.2, -0.15) is 0 Å². The van der Waals surface area contributed by atoms with Gasteiger partial charge in [0.15, 0.2) is 0 Å². The summed E-state index contributed by atoms with van der Waals surface area (Å²) in [6.07, 6.45) is 11.6. The molecular weight excluding hydrogens is 558 g/mol. The van der Waals surface area contributed by atoms with Crippen LogP contribution in [0.25, 0.3) is 0 Å². The molecule has 0 aromatic carbocycles. The van der Waals surface area contributed by atoms with Crippen LogP contribution in [-0.2, 0) is 47.4 Å². The van der Waals surface area contributed by atoms with Gasteiger partial charge in [-0.25, -0.2) is 0 Å². The van der Waals surface area contributed by atoms with Crippen LogP contribution in [0.15, 0.2) is 0 Å². The van der Waals surface area contributed by atoms with Gasteiger partial charge in [-0.3, -0.25) is 4.79 Å². The number of ether oxygens (including phenoxy) is 9. The first-order valence-electron chi connectivity index (χ1n) is 16.6. The van der Waals surface area contributed by atoms with Crippen LogP contribution in [0.3, 0.4) is 0 Å². The fourth-order valence-electron chi connectivity index (χ4n) is 3.76. The average molecular weight is 624 g/mol. The minimum absolute atomic E-state index is 0.132. The highest BCUT2D eigenvalue weighted by Gasteiger charge is 2.03. The molecule has 0 aliphatic heterocycles. The molecule has 0 fully saturated rings. The average Bonchev–Trinajstić information content (AvgIpc) is 2.99. The predicted octanol–water partition coefficient (Wildman–Crippen LogP) is 4.14. The summed E-state index contributed by atoms with van der Waals surface area (Å²) in [7, 11) is 4.04. The Hall–Kier alpha value is -0.890. The van der Waals surface area contributed by atoms with Gasteiger partial charge in [0.1, 0.15) is 6.61 Å². The van der Waals surface area contributed by atoms with Crippen LogP contribution in [0, 0.1) is 0 Å². The Morgan fingerprint density at radius 1 is 0.419 bits per heavy atom. The number of rotatable bonds is 37. The van der Waals surface area contributed by atoms with Gasteiger partial charge < -0.3 is 47.5 Å². The quantitative estimate of drug-likeness (QED) is 0.0737. The number of hydrogen-bond donors (Lipinski definition) is 0. The second-order valence-corrected chi connectivity index (χ2v) is 10.5. The van der Waals surface area contributed by atoms with Crippen molar-refractivity contribution in [2.75, 3.05) is 133 Å². The minimum Gasteiger partial charge on any atom is -0.463 e. The smallest absolute Gasteiger partial charge is 0.305 e. The van der Waals surface area contributed by atoms with E-state index in [4.69, 9.17) is 42.6 Å². The van der Waals surface area contributed by atoms with E-state index in [0.29, 0.717) is 112 Å². The van der Waals surface area contributed by atoms with Crippen molar-refractivity contribution in [1.29, 1.82) is 0 Å². The zero-order valence-corrected chi connectivity index (χ0v) is 27.8. The van der Waals surface area contributed by atoms with E-state index in [9.17, 15) is 4.79 Å². The van der Waals surface area contributed by atoms with Crippen molar-refractivity contribution in [2.45, 2.75) is 71.1 Å². The molecule has 0 saturated heterocycles. The first kappa shape index (κ1) is 42.1. The van der Waals surface area contributed by atoms with E-state index in [0.717, 1.165) is 26.0 Å². The van der Waals surface area contributed by atoms with Crippen LogP contribution >= 0.6 is 0 Å². The predicted molar refractivity (Wildman–Crippen MR) is 168 cm³/mol. The maximum atomic E-state index is 11.8. The van der Waals surface area contributed by atoms with Crippen molar-refractivity contribution in [3.05, 3.63) is 0 Å². The third kappa shape index (κ3) is 39.1. The molecule has 43 heavy (non-hydrogen) atoms. The maximum Gasteiger partial charge on any atom is 0.305 e. The van der Waals surface area contributed by atoms with Gasteiger partial charge in [-0.05, 0) is 20.5 Å². The molecule has 0 amide bonds. The molecule has 0 spiro atoms. The standard InChI is InChI=1S/C32H65NO10/c1-4-5-6-7-8-9-10-11-12-13-32(34)43-31-30-42-29-28-41-27-26-40-25-24-39-23-22-38-21-20-37-19-18-36-17-16-35-15-14-33(2)3/h4-31H2,1-3H3. The van der Waals surface area contributed by atoms with E-state index in [1.807, 2.05) is 14.1 Å². The van der Waals surface area contributed by atoms with Gasteiger partial charge in [-0.1, -0.05) is 58.3 Å². The Balaban J connectivity index is 3.11. The number of carbonyl (C=O) groups is 1. The molecule has 0 N–H and O–H groups in total. The topological polar surface area (TPSA) is 103 Å². The molecule has 0 radical (unpaired) electrons. The Bertz CT molecular complexity index is 542. The molecule has 11 nitrogen and oxygen atoms in total. The summed E-state index contributed by atoms with van der Waals surface area (Å²) in [6, 6.07) is 0. The van der Waals surface area contributed by atoms with Gasteiger partial charge in [0, 0.05) is 13.0 Å². The number of unbranched alkanes of at least 4 members (excludes halogenated alkanes) is 8. The van der Waals surface area contributed by atoms with Gasteiger partial charge >= 0.3 is 5.97 Å². The normalized spacial score (nSPS) is 11.5. The lowest BCUT2D eigenvalue weighted by atomic mass is 10.1. The van der Waals surface area contributed by atoms with Crippen molar-refractivity contribution in [1.82, 2.24) is 4.90 Å². The van der Waals surface area contributed by atoms with Crippen LogP contribution in [0.2, 0.25) is 0 Å². The maximum absolute atomic E-state index is 11.8. The third-order valence-corrected chi connectivity index (χ3v) is 6.26. The lowest BCUT2D eigenvalue weighted by molar-refractivity contribution is -0.145. The van der Waals surface area contributed by atoms with E-state index in [1.165, 1.54) is 44.9 Å². The van der Waals surface area contributed by atoms with Gasteiger partial charge in [0.25, 0.3) is 0 Å². The summed E-state index contributed by atoms with van der Waals surface area (Å²) in [4.78, 5) is 13.8. The lowest BCUT2D eigenvalue weighted by Crippen LogP contribution is -2.19. The molecule has 0 bridgehead atoms. The lowest BCUT2D eigenvalue weighted by Gasteiger charge is -2.10. The van der Waals surface area contributed by atoms with Crippen molar-refractivity contribution in [3.8, 4) is 0 Å². The van der Waals surface area contributed by atoms with Crippen LogP contribution in [-0.4, -0.2) is 144 Å². The number of hydrogen-bond acceptors (Lipinski definition) is 11. The molecule has 0 rings (SSSR count). The highest BCUT2D eigenvalue weighted by Crippen LogP contribution is 2.10. The highest BCUT2D eigenvalue weighted by atomic mass is 16.6. The van der Waals surface area contributed by atoms with Crippen molar-refractivity contribution in [2.24, 2.45) is 0 Å². The first-order chi connectivity index (χ1) is 21.2. The Morgan fingerprint density at radius 3 is 1.07 bits per heavy atom. The first-order valence-corrected chi connectivity index (χ1v) is 16.6. The van der Waals surface area contributed by atoms with Crippen LogP contribution in [0.4, 0.5) is 0 Å². The molecule has 0 saturated carbocycles. The van der Waals surface area contributed by atoms with Crippen molar-refractivity contribution >= 4 is 5.97 Å². The molecule has 0 heterocycles. The zero-order chi connectivity index (χ0) is 31.3. The second kappa shape index (κ2) is 37.3. The number of likely N-dealkylation sites (N-methyl/N-ethyl adjacent to an activating group) is 1. The fourth-order valence-corrected chi connectivity index (χ4v) is 3.76.